The van der Waals surface area contributed by atoms with Gasteiger partial charge in [0.25, 0.3) is 0 Å². The van der Waals surface area contributed by atoms with E-state index in [4.69, 9.17) is 5.11 Å². The van der Waals surface area contributed by atoms with Gasteiger partial charge in [-0.3, -0.25) is 0 Å². The highest BCUT2D eigenvalue weighted by molar-refractivity contribution is 5.26. The molecule has 0 aliphatic rings. The van der Waals surface area contributed by atoms with Crippen molar-refractivity contribution < 1.29 is 5.11 Å². The maximum absolute atomic E-state index is 8.50. The monoisotopic (exact) mass is 152 g/mol. The van der Waals surface area contributed by atoms with Crippen LogP contribution in [0.5, 0.6) is 0 Å². The number of unbranched alkanes of at least 4 members (excludes halogenated alkanes) is 2. The summed E-state index contributed by atoms with van der Waals surface area (Å²) >= 11 is 0. The number of hydrogen-bond donors (Lipinski definition) is 1. The molecule has 0 saturated heterocycles. The molecule has 0 radical (unpaired) electrons. The predicted molar refractivity (Wildman–Crippen MR) is 48.1 cm³/mol. The van der Waals surface area contributed by atoms with Crippen molar-refractivity contribution in [3.8, 4) is 11.8 Å². The Bertz CT molecular complexity index is 169. The molecule has 1 N–H and O–H groups in total. The maximum atomic E-state index is 8.50. The highest BCUT2D eigenvalue weighted by Gasteiger charge is 1.79. The number of aliphatic hydroxyl groups is 1. The summed E-state index contributed by atoms with van der Waals surface area (Å²) in [7, 11) is 0. The van der Waals surface area contributed by atoms with Gasteiger partial charge in [-0.05, 0) is 25.0 Å². The topological polar surface area (TPSA) is 20.2 Å². The van der Waals surface area contributed by atoms with Crippen LogP contribution in [0.1, 0.15) is 33.1 Å². The van der Waals surface area contributed by atoms with Crippen molar-refractivity contribution in [1.82, 2.24) is 0 Å². The molecule has 0 saturated carbocycles. The van der Waals surface area contributed by atoms with Gasteiger partial charge < -0.3 is 5.11 Å². The highest BCUT2D eigenvalue weighted by Crippen LogP contribution is 1.93. The molecule has 0 aromatic rings. The Hall–Kier alpha value is -0.740. The fraction of sp³-hybridized carbons (Fsp3) is 0.600. The van der Waals surface area contributed by atoms with Crippen LogP contribution in [0.25, 0.3) is 0 Å². The second-order valence-electron chi connectivity index (χ2n) is 2.48. The molecule has 0 fully saturated rings. The lowest BCUT2D eigenvalue weighted by atomic mass is 10.2. The van der Waals surface area contributed by atoms with E-state index >= 15 is 0 Å². The largest absolute Gasteiger partial charge is 0.392 e. The SMILES string of the molecule is CCCCC#C/C(C)=C/CO. The smallest absolute Gasteiger partial charge is 0.0624 e. The van der Waals surface area contributed by atoms with E-state index in [1.165, 1.54) is 12.8 Å². The quantitative estimate of drug-likeness (QED) is 0.485. The van der Waals surface area contributed by atoms with Crippen LogP contribution in [-0.4, -0.2) is 11.7 Å². The molecule has 0 aromatic heterocycles. The minimum atomic E-state index is 0.0916. The lowest BCUT2D eigenvalue weighted by molar-refractivity contribution is 0.342. The fourth-order valence-corrected chi connectivity index (χ4v) is 0.655. The molecule has 0 rings (SSSR count). The van der Waals surface area contributed by atoms with E-state index in [1.54, 1.807) is 6.08 Å². The zero-order chi connectivity index (χ0) is 8.53. The van der Waals surface area contributed by atoms with Crippen LogP contribution in [0.4, 0.5) is 0 Å². The molecule has 0 unspecified atom stereocenters. The van der Waals surface area contributed by atoms with Gasteiger partial charge >= 0.3 is 0 Å². The molecule has 0 amide bonds. The van der Waals surface area contributed by atoms with Crippen LogP contribution in [0.2, 0.25) is 0 Å². The Morgan fingerprint density at radius 2 is 2.27 bits per heavy atom. The molecule has 0 bridgehead atoms. The van der Waals surface area contributed by atoms with Crippen molar-refractivity contribution in [2.24, 2.45) is 0 Å². The third kappa shape index (κ3) is 7.15. The standard InChI is InChI=1S/C10H16O/c1-3-4-5-6-7-10(2)8-9-11/h8,11H,3-5,9H2,1-2H3/b10-8+. The molecule has 0 aliphatic heterocycles. The van der Waals surface area contributed by atoms with Crippen LogP contribution >= 0.6 is 0 Å². The molecule has 1 heteroatoms. The number of allylic oxidation sites excluding steroid dienone is 1. The highest BCUT2D eigenvalue weighted by atomic mass is 16.2. The molecule has 11 heavy (non-hydrogen) atoms. The van der Waals surface area contributed by atoms with Crippen molar-refractivity contribution in [3.63, 3.8) is 0 Å². The van der Waals surface area contributed by atoms with Crippen LogP contribution in [-0.2, 0) is 0 Å². The molecule has 0 aromatic carbocycles. The van der Waals surface area contributed by atoms with Gasteiger partial charge in [-0.2, -0.15) is 0 Å². The second-order valence-corrected chi connectivity index (χ2v) is 2.48. The normalized spacial score (nSPS) is 10.6. The molecule has 0 aliphatic carbocycles. The maximum Gasteiger partial charge on any atom is 0.0624 e. The van der Waals surface area contributed by atoms with E-state index in [-0.39, 0.29) is 6.61 Å². The van der Waals surface area contributed by atoms with Crippen LogP contribution < -0.4 is 0 Å². The van der Waals surface area contributed by atoms with Gasteiger partial charge in [-0.25, -0.2) is 0 Å². The van der Waals surface area contributed by atoms with Crippen molar-refractivity contribution >= 4 is 0 Å². The molecule has 0 atom stereocenters. The molecule has 62 valence electrons. The first-order chi connectivity index (χ1) is 5.31. The summed E-state index contributed by atoms with van der Waals surface area (Å²) < 4.78 is 0. The first-order valence-electron chi connectivity index (χ1n) is 4.07. The van der Waals surface area contributed by atoms with Crippen molar-refractivity contribution in [2.75, 3.05) is 6.61 Å². The van der Waals surface area contributed by atoms with E-state index in [0.29, 0.717) is 0 Å². The van der Waals surface area contributed by atoms with Gasteiger partial charge in [0.05, 0.1) is 6.61 Å². The molecule has 0 heterocycles. The van der Waals surface area contributed by atoms with Crippen molar-refractivity contribution in [3.05, 3.63) is 11.6 Å². The van der Waals surface area contributed by atoms with Gasteiger partial charge in [0, 0.05) is 6.42 Å². The summed E-state index contributed by atoms with van der Waals surface area (Å²) in [6, 6.07) is 0. The lowest BCUT2D eigenvalue weighted by Gasteiger charge is -1.86. The Morgan fingerprint density at radius 3 is 2.82 bits per heavy atom. The van der Waals surface area contributed by atoms with Crippen LogP contribution in [0.15, 0.2) is 11.6 Å². The van der Waals surface area contributed by atoms with Crippen LogP contribution in [0, 0.1) is 11.8 Å². The van der Waals surface area contributed by atoms with E-state index in [0.717, 1.165) is 12.0 Å². The fourth-order valence-electron chi connectivity index (χ4n) is 0.655. The number of hydrogen-bond acceptors (Lipinski definition) is 1. The van der Waals surface area contributed by atoms with Gasteiger partial charge in [-0.1, -0.05) is 25.2 Å². The minimum Gasteiger partial charge on any atom is -0.392 e. The summed E-state index contributed by atoms with van der Waals surface area (Å²) in [4.78, 5) is 0. The summed E-state index contributed by atoms with van der Waals surface area (Å²) in [5, 5.41) is 8.50. The number of aliphatic hydroxyl groups excluding tert-OH is 1. The molecular weight excluding hydrogens is 136 g/mol. The third-order valence-electron chi connectivity index (χ3n) is 1.34. The molecule has 1 nitrogen and oxygen atoms in total. The zero-order valence-electron chi connectivity index (χ0n) is 7.35. The third-order valence-corrected chi connectivity index (χ3v) is 1.34. The average molecular weight is 152 g/mol. The zero-order valence-corrected chi connectivity index (χ0v) is 7.35. The van der Waals surface area contributed by atoms with Gasteiger partial charge in [-0.15, -0.1) is 0 Å². The van der Waals surface area contributed by atoms with Crippen LogP contribution in [0.3, 0.4) is 0 Å². The number of rotatable bonds is 3. The van der Waals surface area contributed by atoms with E-state index in [9.17, 15) is 0 Å². The summed E-state index contributed by atoms with van der Waals surface area (Å²) in [5.74, 6) is 6.01. The van der Waals surface area contributed by atoms with Crippen molar-refractivity contribution in [1.29, 1.82) is 0 Å². The summed E-state index contributed by atoms with van der Waals surface area (Å²) in [5.41, 5.74) is 0.962. The Kier molecular flexibility index (Phi) is 6.87. The van der Waals surface area contributed by atoms with Gasteiger partial charge in [0.2, 0.25) is 0 Å². The Labute approximate surface area is 69.1 Å². The molecular formula is C10H16O. The first kappa shape index (κ1) is 10.3. The van der Waals surface area contributed by atoms with Gasteiger partial charge in [0.1, 0.15) is 0 Å². The average Bonchev–Trinajstić information content (AvgIpc) is 1.99. The Balaban J connectivity index is 3.59. The summed E-state index contributed by atoms with van der Waals surface area (Å²) in [6.07, 6.45) is 5.04. The first-order valence-corrected chi connectivity index (χ1v) is 4.07. The second kappa shape index (κ2) is 7.37. The van der Waals surface area contributed by atoms with E-state index in [1.807, 2.05) is 6.92 Å². The van der Waals surface area contributed by atoms with E-state index < -0.39 is 0 Å². The minimum absolute atomic E-state index is 0.0916. The lowest BCUT2D eigenvalue weighted by Crippen LogP contribution is -1.76. The Morgan fingerprint density at radius 1 is 1.55 bits per heavy atom. The van der Waals surface area contributed by atoms with E-state index in [2.05, 4.69) is 18.8 Å². The van der Waals surface area contributed by atoms with Crippen molar-refractivity contribution in [2.45, 2.75) is 33.1 Å². The van der Waals surface area contributed by atoms with Gasteiger partial charge in [0.15, 0.2) is 0 Å². The summed E-state index contributed by atoms with van der Waals surface area (Å²) in [6.45, 7) is 4.15. The molecule has 0 spiro atoms. The predicted octanol–water partition coefficient (Wildman–Crippen LogP) is 2.12.